The maximum Gasteiger partial charge on any atom is 0.262 e. The highest BCUT2D eigenvalue weighted by molar-refractivity contribution is 6.01. The lowest BCUT2D eigenvalue weighted by atomic mass is 10.1. The molecule has 0 aliphatic rings. The second-order valence-corrected chi connectivity index (χ2v) is 4.64. The van der Waals surface area contributed by atoms with Gasteiger partial charge in [0.2, 0.25) is 0 Å². The van der Waals surface area contributed by atoms with E-state index in [4.69, 9.17) is 14.7 Å². The first-order valence-electron chi connectivity index (χ1n) is 6.75. The largest absolute Gasteiger partial charge is 0.493 e. The minimum atomic E-state index is -0.388. The zero-order chi connectivity index (χ0) is 15.8. The summed E-state index contributed by atoms with van der Waals surface area (Å²) >= 11 is 0. The molecule has 0 bridgehead atoms. The van der Waals surface area contributed by atoms with Crippen molar-refractivity contribution in [2.24, 2.45) is 0 Å². The van der Waals surface area contributed by atoms with Crippen LogP contribution in [0.25, 0.3) is 6.08 Å². The fraction of sp³-hybridized carbons (Fsp3) is 0.375. The van der Waals surface area contributed by atoms with E-state index < -0.39 is 0 Å². The molecule has 112 valence electrons. The highest BCUT2D eigenvalue weighted by Gasteiger charge is 2.11. The third kappa shape index (κ3) is 4.84. The molecule has 1 rings (SSSR count). The van der Waals surface area contributed by atoms with Gasteiger partial charge in [-0.05, 0) is 44.5 Å². The minimum absolute atomic E-state index is 0.0240. The number of nitrogens with one attached hydrogen (secondary N) is 1. The summed E-state index contributed by atoms with van der Waals surface area (Å²) in [6.07, 6.45) is 1.53. The molecule has 0 unspecified atom stereocenters. The van der Waals surface area contributed by atoms with Gasteiger partial charge in [0.1, 0.15) is 11.6 Å². The van der Waals surface area contributed by atoms with Crippen molar-refractivity contribution < 1.29 is 14.3 Å². The van der Waals surface area contributed by atoms with Gasteiger partial charge in [-0.15, -0.1) is 0 Å². The molecule has 0 atom stereocenters. The van der Waals surface area contributed by atoms with E-state index >= 15 is 0 Å². The third-order valence-electron chi connectivity index (χ3n) is 2.58. The number of rotatable bonds is 6. The molecule has 0 aliphatic heterocycles. The number of carbonyl (C=O) groups is 1. The molecule has 0 radical (unpaired) electrons. The Morgan fingerprint density at radius 1 is 1.43 bits per heavy atom. The number of hydrogen-bond donors (Lipinski definition) is 1. The Labute approximate surface area is 125 Å². The van der Waals surface area contributed by atoms with Crippen molar-refractivity contribution in [1.29, 1.82) is 5.26 Å². The molecular formula is C16H20N2O3. The fourth-order valence-electron chi connectivity index (χ4n) is 1.71. The number of nitriles is 1. The smallest absolute Gasteiger partial charge is 0.262 e. The number of carbonyl (C=O) groups excluding carboxylic acids is 1. The zero-order valence-electron chi connectivity index (χ0n) is 12.8. The van der Waals surface area contributed by atoms with Crippen LogP contribution in [0.4, 0.5) is 0 Å². The third-order valence-corrected chi connectivity index (χ3v) is 2.58. The molecule has 1 amide bonds. The second-order valence-electron chi connectivity index (χ2n) is 4.64. The highest BCUT2D eigenvalue weighted by Crippen LogP contribution is 2.28. The van der Waals surface area contributed by atoms with Crippen LogP contribution in [0.3, 0.4) is 0 Å². The lowest BCUT2D eigenvalue weighted by molar-refractivity contribution is -0.117. The topological polar surface area (TPSA) is 71.3 Å². The van der Waals surface area contributed by atoms with Gasteiger partial charge in [-0.2, -0.15) is 5.26 Å². The summed E-state index contributed by atoms with van der Waals surface area (Å²) in [6, 6.07) is 7.13. The standard InChI is InChI=1S/C16H20N2O3/c1-5-21-15-9-12(6-7-14(15)20-4)8-13(10-17)16(19)18-11(2)3/h6-9,11H,5H2,1-4H3,(H,18,19)/b13-8+. The molecule has 21 heavy (non-hydrogen) atoms. The Morgan fingerprint density at radius 3 is 2.67 bits per heavy atom. The van der Waals surface area contributed by atoms with Gasteiger partial charge in [-0.3, -0.25) is 4.79 Å². The molecule has 0 saturated carbocycles. The summed E-state index contributed by atoms with van der Waals surface area (Å²) in [5.41, 5.74) is 0.756. The number of amides is 1. The van der Waals surface area contributed by atoms with E-state index in [-0.39, 0.29) is 17.5 Å². The zero-order valence-corrected chi connectivity index (χ0v) is 12.8. The number of methoxy groups -OCH3 is 1. The van der Waals surface area contributed by atoms with Crippen LogP contribution in [0, 0.1) is 11.3 Å². The van der Waals surface area contributed by atoms with Gasteiger partial charge in [0.05, 0.1) is 13.7 Å². The van der Waals surface area contributed by atoms with Crippen LogP contribution in [0.15, 0.2) is 23.8 Å². The van der Waals surface area contributed by atoms with Gasteiger partial charge in [0.25, 0.3) is 5.91 Å². The van der Waals surface area contributed by atoms with E-state index in [9.17, 15) is 4.79 Å². The number of benzene rings is 1. The molecule has 0 aromatic heterocycles. The lowest BCUT2D eigenvalue weighted by Crippen LogP contribution is -2.30. The quantitative estimate of drug-likeness (QED) is 0.645. The normalized spacial score (nSPS) is 11.0. The van der Waals surface area contributed by atoms with Crippen LogP contribution in [0.2, 0.25) is 0 Å². The van der Waals surface area contributed by atoms with Crippen LogP contribution >= 0.6 is 0 Å². The van der Waals surface area contributed by atoms with Crippen molar-refractivity contribution in [3.63, 3.8) is 0 Å². The molecule has 0 spiro atoms. The van der Waals surface area contributed by atoms with E-state index in [1.54, 1.807) is 25.3 Å². The first-order chi connectivity index (χ1) is 10.0. The van der Waals surface area contributed by atoms with E-state index in [2.05, 4.69) is 5.32 Å². The van der Waals surface area contributed by atoms with E-state index in [1.807, 2.05) is 26.8 Å². The van der Waals surface area contributed by atoms with Crippen molar-refractivity contribution >= 4 is 12.0 Å². The molecule has 5 nitrogen and oxygen atoms in total. The van der Waals surface area contributed by atoms with Crippen LogP contribution in [0.5, 0.6) is 11.5 Å². The first-order valence-corrected chi connectivity index (χ1v) is 6.75. The average Bonchev–Trinajstić information content (AvgIpc) is 2.44. The van der Waals surface area contributed by atoms with Gasteiger partial charge >= 0.3 is 0 Å². The summed E-state index contributed by atoms with van der Waals surface area (Å²) in [4.78, 5) is 11.9. The average molecular weight is 288 g/mol. The number of ether oxygens (including phenoxy) is 2. The van der Waals surface area contributed by atoms with Gasteiger partial charge in [0, 0.05) is 6.04 Å². The lowest BCUT2D eigenvalue weighted by Gasteiger charge is -2.10. The van der Waals surface area contributed by atoms with Gasteiger partial charge < -0.3 is 14.8 Å². The van der Waals surface area contributed by atoms with Gasteiger partial charge in [-0.1, -0.05) is 6.07 Å². The van der Waals surface area contributed by atoms with Crippen molar-refractivity contribution in [1.82, 2.24) is 5.32 Å². The monoisotopic (exact) mass is 288 g/mol. The Kier molecular flexibility index (Phi) is 6.28. The molecule has 1 N–H and O–H groups in total. The van der Waals surface area contributed by atoms with Gasteiger partial charge in [0.15, 0.2) is 11.5 Å². The molecule has 0 saturated heterocycles. The molecule has 1 aromatic carbocycles. The summed E-state index contributed by atoms with van der Waals surface area (Å²) in [5, 5.41) is 11.8. The van der Waals surface area contributed by atoms with Gasteiger partial charge in [-0.25, -0.2) is 0 Å². The fourth-order valence-corrected chi connectivity index (χ4v) is 1.71. The van der Waals surface area contributed by atoms with Crippen LogP contribution in [-0.4, -0.2) is 25.7 Å². The van der Waals surface area contributed by atoms with Crippen LogP contribution in [0.1, 0.15) is 26.3 Å². The molecule has 0 heterocycles. The molecule has 0 fully saturated rings. The second kappa shape index (κ2) is 7.95. The predicted octanol–water partition coefficient (Wildman–Crippen LogP) is 2.53. The minimum Gasteiger partial charge on any atom is -0.493 e. The van der Waals surface area contributed by atoms with E-state index in [0.29, 0.717) is 23.7 Å². The summed E-state index contributed by atoms with van der Waals surface area (Å²) in [6.45, 7) is 6.06. The highest BCUT2D eigenvalue weighted by atomic mass is 16.5. The van der Waals surface area contributed by atoms with Crippen molar-refractivity contribution in [3.8, 4) is 17.6 Å². The Hall–Kier alpha value is -2.48. The summed E-state index contributed by atoms with van der Waals surface area (Å²) < 4.78 is 10.7. The van der Waals surface area contributed by atoms with Crippen LogP contribution < -0.4 is 14.8 Å². The Balaban J connectivity index is 3.09. The number of nitrogens with zero attached hydrogens (tertiary/aromatic N) is 1. The Bertz CT molecular complexity index is 571. The Morgan fingerprint density at radius 2 is 2.14 bits per heavy atom. The van der Waals surface area contributed by atoms with E-state index in [1.165, 1.54) is 6.08 Å². The summed E-state index contributed by atoms with van der Waals surface area (Å²) in [5.74, 6) is 0.802. The van der Waals surface area contributed by atoms with Crippen LogP contribution in [-0.2, 0) is 4.79 Å². The van der Waals surface area contributed by atoms with Crippen molar-refractivity contribution in [3.05, 3.63) is 29.3 Å². The molecule has 1 aromatic rings. The van der Waals surface area contributed by atoms with Crippen molar-refractivity contribution in [2.75, 3.05) is 13.7 Å². The molecular weight excluding hydrogens is 268 g/mol. The molecule has 5 heteroatoms. The SMILES string of the molecule is CCOc1cc(/C=C(\C#N)C(=O)NC(C)C)ccc1OC. The summed E-state index contributed by atoms with van der Waals surface area (Å²) in [7, 11) is 1.56. The first kappa shape index (κ1) is 16.6. The van der Waals surface area contributed by atoms with Crippen molar-refractivity contribution in [2.45, 2.75) is 26.8 Å². The van der Waals surface area contributed by atoms with E-state index in [0.717, 1.165) is 0 Å². The maximum absolute atomic E-state index is 11.9. The molecule has 0 aliphatic carbocycles. The predicted molar refractivity (Wildman–Crippen MR) is 81.0 cm³/mol. The maximum atomic E-state index is 11.9. The number of hydrogen-bond acceptors (Lipinski definition) is 4.